The normalized spacial score (nSPS) is 10.6. The van der Waals surface area contributed by atoms with Crippen LogP contribution < -0.4 is 10.1 Å². The molecule has 1 N–H and O–H groups in total. The van der Waals surface area contributed by atoms with Gasteiger partial charge in [-0.3, -0.25) is 9.78 Å². The molecular formula is C18H15Cl2N3O2S. The third-order valence-corrected chi connectivity index (χ3v) is 5.24. The molecule has 0 unspecified atom stereocenters. The van der Waals surface area contributed by atoms with Crippen LogP contribution in [-0.2, 0) is 11.3 Å². The van der Waals surface area contributed by atoms with Crippen LogP contribution >= 0.6 is 34.5 Å². The highest BCUT2D eigenvalue weighted by Crippen LogP contribution is 2.28. The van der Waals surface area contributed by atoms with Crippen LogP contribution in [-0.4, -0.2) is 22.5 Å². The summed E-state index contributed by atoms with van der Waals surface area (Å²) in [6, 6.07) is 8.67. The first-order valence-corrected chi connectivity index (χ1v) is 9.31. The number of halogens is 2. The van der Waals surface area contributed by atoms with E-state index in [1.54, 1.807) is 30.6 Å². The fourth-order valence-corrected chi connectivity index (χ4v) is 3.63. The van der Waals surface area contributed by atoms with E-state index in [0.29, 0.717) is 22.3 Å². The number of ether oxygens (including phenoxy) is 1. The predicted molar refractivity (Wildman–Crippen MR) is 104 cm³/mol. The summed E-state index contributed by atoms with van der Waals surface area (Å²) in [7, 11) is 0. The van der Waals surface area contributed by atoms with Gasteiger partial charge in [-0.1, -0.05) is 23.2 Å². The Morgan fingerprint density at radius 2 is 2.15 bits per heavy atom. The molecular weight excluding hydrogens is 393 g/mol. The van der Waals surface area contributed by atoms with Crippen LogP contribution in [0.5, 0.6) is 5.75 Å². The average molecular weight is 408 g/mol. The molecule has 2 aromatic heterocycles. The number of aromatic nitrogens is 2. The van der Waals surface area contributed by atoms with Gasteiger partial charge in [-0.2, -0.15) is 0 Å². The van der Waals surface area contributed by atoms with Gasteiger partial charge in [0.2, 0.25) is 0 Å². The van der Waals surface area contributed by atoms with Crippen LogP contribution in [0.2, 0.25) is 10.0 Å². The minimum Gasteiger partial charge on any atom is -0.482 e. The Bertz CT molecular complexity index is 916. The Morgan fingerprint density at radius 3 is 2.88 bits per heavy atom. The third kappa shape index (κ3) is 4.72. The molecule has 1 aromatic carbocycles. The molecule has 0 aliphatic heterocycles. The maximum absolute atomic E-state index is 12.0. The molecule has 1 amide bonds. The fraction of sp³-hybridized carbons (Fsp3) is 0.167. The van der Waals surface area contributed by atoms with Crippen molar-refractivity contribution in [3.8, 4) is 16.3 Å². The zero-order chi connectivity index (χ0) is 18.5. The summed E-state index contributed by atoms with van der Waals surface area (Å²) in [4.78, 5) is 21.7. The van der Waals surface area contributed by atoms with Crippen molar-refractivity contribution in [1.29, 1.82) is 0 Å². The number of pyridine rings is 1. The monoisotopic (exact) mass is 407 g/mol. The minimum absolute atomic E-state index is 0.130. The molecule has 0 fully saturated rings. The summed E-state index contributed by atoms with van der Waals surface area (Å²) in [5, 5.41) is 4.58. The minimum atomic E-state index is -0.244. The lowest BCUT2D eigenvalue weighted by molar-refractivity contribution is -0.123. The van der Waals surface area contributed by atoms with Crippen molar-refractivity contribution in [2.45, 2.75) is 13.5 Å². The Kier molecular flexibility index (Phi) is 6.08. The van der Waals surface area contributed by atoms with Gasteiger partial charge in [-0.15, -0.1) is 11.3 Å². The number of hydrogen-bond acceptors (Lipinski definition) is 5. The van der Waals surface area contributed by atoms with Gasteiger partial charge >= 0.3 is 0 Å². The number of thiazole rings is 1. The lowest BCUT2D eigenvalue weighted by Crippen LogP contribution is -2.28. The van der Waals surface area contributed by atoms with Gasteiger partial charge in [0.25, 0.3) is 5.91 Å². The average Bonchev–Trinajstić information content (AvgIpc) is 3.01. The summed E-state index contributed by atoms with van der Waals surface area (Å²) in [5.41, 5.74) is 1.84. The number of carbonyl (C=O) groups excluding carboxylic acids is 1. The number of hydrogen-bond donors (Lipinski definition) is 1. The second kappa shape index (κ2) is 8.49. The molecule has 8 heteroatoms. The van der Waals surface area contributed by atoms with Crippen molar-refractivity contribution in [3.63, 3.8) is 0 Å². The Labute approximate surface area is 165 Å². The smallest absolute Gasteiger partial charge is 0.258 e. The third-order valence-electron chi connectivity index (χ3n) is 3.50. The molecule has 3 aromatic rings. The molecule has 3 rings (SSSR count). The summed E-state index contributed by atoms with van der Waals surface area (Å²) < 4.78 is 5.42. The molecule has 5 nitrogen and oxygen atoms in total. The van der Waals surface area contributed by atoms with Crippen LogP contribution in [0, 0.1) is 6.92 Å². The lowest BCUT2D eigenvalue weighted by atomic mass is 10.3. The van der Waals surface area contributed by atoms with Crippen molar-refractivity contribution in [1.82, 2.24) is 15.3 Å². The second-order valence-electron chi connectivity index (χ2n) is 5.41. The van der Waals surface area contributed by atoms with Gasteiger partial charge in [-0.25, -0.2) is 4.98 Å². The van der Waals surface area contributed by atoms with E-state index in [2.05, 4.69) is 15.3 Å². The highest BCUT2D eigenvalue weighted by Gasteiger charge is 2.11. The quantitative estimate of drug-likeness (QED) is 0.652. The molecule has 0 radical (unpaired) electrons. The van der Waals surface area contributed by atoms with E-state index >= 15 is 0 Å². The molecule has 0 atom stereocenters. The van der Waals surface area contributed by atoms with Crippen LogP contribution in [0.4, 0.5) is 0 Å². The predicted octanol–water partition coefficient (Wildman–Crippen LogP) is 4.52. The van der Waals surface area contributed by atoms with Crippen LogP contribution in [0.1, 0.15) is 10.6 Å². The largest absolute Gasteiger partial charge is 0.482 e. The van der Waals surface area contributed by atoms with E-state index in [4.69, 9.17) is 27.9 Å². The Balaban J connectivity index is 1.55. The highest BCUT2D eigenvalue weighted by atomic mass is 35.5. The molecule has 0 saturated carbocycles. The Hall–Kier alpha value is -2.15. The zero-order valence-electron chi connectivity index (χ0n) is 13.8. The summed E-state index contributed by atoms with van der Waals surface area (Å²) >= 11 is 13.4. The standard InChI is InChI=1S/C18H15Cl2N3O2S/c1-11-16(26-18(23-11)12-3-2-6-21-8-12)9-22-17(24)10-25-15-5-4-13(19)7-14(15)20/h2-8H,9-10H2,1H3,(H,22,24). The van der Waals surface area contributed by atoms with E-state index in [1.165, 1.54) is 11.3 Å². The van der Waals surface area contributed by atoms with E-state index in [-0.39, 0.29) is 12.5 Å². The summed E-state index contributed by atoms with van der Waals surface area (Å²) in [5.74, 6) is 0.172. The van der Waals surface area contributed by atoms with Crippen molar-refractivity contribution in [2.24, 2.45) is 0 Å². The number of rotatable bonds is 6. The zero-order valence-corrected chi connectivity index (χ0v) is 16.2. The first-order chi connectivity index (χ1) is 12.5. The highest BCUT2D eigenvalue weighted by molar-refractivity contribution is 7.15. The molecule has 0 spiro atoms. The summed E-state index contributed by atoms with van der Waals surface area (Å²) in [6.07, 6.45) is 3.49. The molecule has 26 heavy (non-hydrogen) atoms. The first-order valence-electron chi connectivity index (χ1n) is 7.74. The van der Waals surface area contributed by atoms with Crippen molar-refractivity contribution in [2.75, 3.05) is 6.61 Å². The van der Waals surface area contributed by atoms with Crippen LogP contribution in [0.15, 0.2) is 42.7 Å². The summed E-state index contributed by atoms with van der Waals surface area (Å²) in [6.45, 7) is 2.18. The molecule has 2 heterocycles. The first kappa shape index (κ1) is 18.6. The van der Waals surface area contributed by atoms with Crippen molar-refractivity contribution >= 4 is 40.4 Å². The van der Waals surface area contributed by atoms with Crippen molar-refractivity contribution < 1.29 is 9.53 Å². The van der Waals surface area contributed by atoms with Crippen LogP contribution in [0.25, 0.3) is 10.6 Å². The van der Waals surface area contributed by atoms with E-state index in [9.17, 15) is 4.79 Å². The number of nitrogens with zero attached hydrogens (tertiary/aromatic N) is 2. The maximum atomic E-state index is 12.0. The van der Waals surface area contributed by atoms with E-state index in [1.807, 2.05) is 19.1 Å². The maximum Gasteiger partial charge on any atom is 0.258 e. The second-order valence-corrected chi connectivity index (χ2v) is 7.34. The fourth-order valence-electron chi connectivity index (χ4n) is 2.17. The molecule has 0 saturated heterocycles. The number of benzene rings is 1. The molecule has 0 bridgehead atoms. The lowest BCUT2D eigenvalue weighted by Gasteiger charge is -2.08. The van der Waals surface area contributed by atoms with Gasteiger partial charge in [0.05, 0.1) is 17.3 Å². The van der Waals surface area contributed by atoms with Gasteiger partial charge in [0.15, 0.2) is 6.61 Å². The van der Waals surface area contributed by atoms with Gasteiger partial charge in [0.1, 0.15) is 10.8 Å². The Morgan fingerprint density at radius 1 is 1.31 bits per heavy atom. The number of amides is 1. The molecule has 134 valence electrons. The molecule has 0 aliphatic rings. The van der Waals surface area contributed by atoms with E-state index < -0.39 is 0 Å². The number of aryl methyl sites for hydroxylation is 1. The van der Waals surface area contributed by atoms with Gasteiger partial charge in [0, 0.05) is 27.9 Å². The topological polar surface area (TPSA) is 64.1 Å². The number of carbonyl (C=O) groups is 1. The number of nitrogens with one attached hydrogen (secondary N) is 1. The molecule has 0 aliphatic carbocycles. The van der Waals surface area contributed by atoms with E-state index in [0.717, 1.165) is 21.1 Å². The van der Waals surface area contributed by atoms with Crippen molar-refractivity contribution in [3.05, 3.63) is 63.3 Å². The van der Waals surface area contributed by atoms with Gasteiger partial charge < -0.3 is 10.1 Å². The SMILES string of the molecule is Cc1nc(-c2cccnc2)sc1CNC(=O)COc1ccc(Cl)cc1Cl. The van der Waals surface area contributed by atoms with Gasteiger partial charge in [-0.05, 0) is 37.3 Å². The van der Waals surface area contributed by atoms with Crippen LogP contribution in [0.3, 0.4) is 0 Å².